The maximum Gasteiger partial charge on any atom is 0.132 e. The van der Waals surface area contributed by atoms with Gasteiger partial charge in [0.25, 0.3) is 0 Å². The maximum absolute atomic E-state index is 10.8. The van der Waals surface area contributed by atoms with E-state index >= 15 is 0 Å². The lowest BCUT2D eigenvalue weighted by Gasteiger charge is -2.26. The first kappa shape index (κ1) is 10.6. The molecule has 0 bridgehead atoms. The van der Waals surface area contributed by atoms with Crippen LogP contribution in [0.5, 0.6) is 0 Å². The molecule has 0 rings (SSSR count). The van der Waals surface area contributed by atoms with Crippen LogP contribution in [0.15, 0.2) is 0 Å². The van der Waals surface area contributed by atoms with E-state index < -0.39 is 0 Å². The minimum absolute atomic E-state index is 0.197. The largest absolute Gasteiger partial charge is 0.375 e. The molecule has 0 N–H and O–H groups in total. The van der Waals surface area contributed by atoms with Gasteiger partial charge in [-0.05, 0) is 27.2 Å². The molecule has 1 unspecified atom stereocenters. The lowest BCUT2D eigenvalue weighted by atomic mass is 9.97. The Bertz CT molecular complexity index is 132. The molecule has 0 aromatic carbocycles. The third-order valence-corrected chi connectivity index (χ3v) is 1.86. The molecule has 0 heterocycles. The molecule has 0 aromatic rings. The van der Waals surface area contributed by atoms with Gasteiger partial charge < -0.3 is 4.74 Å². The second-order valence-electron chi connectivity index (χ2n) is 3.12. The van der Waals surface area contributed by atoms with Gasteiger partial charge in [-0.25, -0.2) is 0 Å². The Balaban J connectivity index is 3.98. The molecule has 66 valence electrons. The van der Waals surface area contributed by atoms with Gasteiger partial charge in [0.15, 0.2) is 0 Å². The summed E-state index contributed by atoms with van der Waals surface area (Å²) in [5, 5.41) is 0. The van der Waals surface area contributed by atoms with Crippen molar-refractivity contribution < 1.29 is 9.53 Å². The van der Waals surface area contributed by atoms with Crippen molar-refractivity contribution in [1.82, 2.24) is 0 Å². The average Bonchev–Trinajstić information content (AvgIpc) is 1.87. The van der Waals surface area contributed by atoms with Crippen LogP contribution in [0, 0.1) is 0 Å². The summed E-state index contributed by atoms with van der Waals surface area (Å²) in [6.45, 7) is 8.26. The second kappa shape index (κ2) is 4.50. The molecule has 0 fully saturated rings. The normalized spacial score (nSPS) is 16.0. The summed E-state index contributed by atoms with van der Waals surface area (Å²) in [6, 6.07) is 0. The van der Waals surface area contributed by atoms with Crippen LogP contribution in [-0.2, 0) is 9.53 Å². The third-order valence-electron chi connectivity index (χ3n) is 1.86. The van der Waals surface area contributed by atoms with Crippen molar-refractivity contribution in [3.05, 3.63) is 0 Å². The number of Topliss-reactive ketones (excluding diaryl/α,β-unsaturated/α-hetero) is 1. The highest BCUT2D eigenvalue weighted by Crippen LogP contribution is 2.19. The van der Waals surface area contributed by atoms with Crippen LogP contribution in [0.1, 0.15) is 40.5 Å². The molecular weight excluding hydrogens is 140 g/mol. The highest BCUT2D eigenvalue weighted by molar-refractivity contribution is 5.76. The van der Waals surface area contributed by atoms with E-state index in [0.29, 0.717) is 13.0 Å². The number of carbonyl (C=O) groups is 1. The van der Waals surface area contributed by atoms with Crippen molar-refractivity contribution in [2.75, 3.05) is 6.61 Å². The topological polar surface area (TPSA) is 26.3 Å². The van der Waals surface area contributed by atoms with Gasteiger partial charge in [0.2, 0.25) is 0 Å². The summed E-state index contributed by atoms with van der Waals surface area (Å²) in [7, 11) is 0. The Morgan fingerprint density at radius 1 is 1.45 bits per heavy atom. The molecule has 0 aromatic heterocycles. The summed E-state index contributed by atoms with van der Waals surface area (Å²) < 4.78 is 5.47. The van der Waals surface area contributed by atoms with Crippen LogP contribution in [0.3, 0.4) is 0 Å². The Hall–Kier alpha value is -0.370. The summed E-state index contributed by atoms with van der Waals surface area (Å²) >= 11 is 0. The summed E-state index contributed by atoms with van der Waals surface area (Å²) in [6.07, 6.45) is 1.41. The van der Waals surface area contributed by atoms with E-state index in [0.717, 1.165) is 6.42 Å². The van der Waals surface area contributed by atoms with Gasteiger partial charge in [0.05, 0.1) is 5.60 Å². The van der Waals surface area contributed by atoms with Gasteiger partial charge in [-0.2, -0.15) is 0 Å². The fourth-order valence-corrected chi connectivity index (χ4v) is 1.15. The average molecular weight is 158 g/mol. The summed E-state index contributed by atoms with van der Waals surface area (Å²) in [5.74, 6) is 0.197. The molecule has 1 atom stereocenters. The molecule has 0 aliphatic heterocycles. The molecule has 0 spiro atoms. The zero-order chi connectivity index (χ0) is 8.91. The molecule has 0 aliphatic carbocycles. The molecular formula is C9H18O2. The van der Waals surface area contributed by atoms with Gasteiger partial charge >= 0.3 is 0 Å². The van der Waals surface area contributed by atoms with E-state index in [2.05, 4.69) is 0 Å². The van der Waals surface area contributed by atoms with Crippen LogP contribution in [-0.4, -0.2) is 18.0 Å². The van der Waals surface area contributed by atoms with Gasteiger partial charge in [0.1, 0.15) is 5.78 Å². The minimum atomic E-state index is -0.236. The van der Waals surface area contributed by atoms with Crippen molar-refractivity contribution in [2.45, 2.75) is 46.1 Å². The fraction of sp³-hybridized carbons (Fsp3) is 0.889. The van der Waals surface area contributed by atoms with Crippen LogP contribution in [0.4, 0.5) is 0 Å². The standard InChI is InChI=1S/C9H18O2/c1-5-9(4,11-6-2)7-8(3)10/h5-7H2,1-4H3. The van der Waals surface area contributed by atoms with E-state index in [1.165, 1.54) is 0 Å². The van der Waals surface area contributed by atoms with Crippen molar-refractivity contribution in [3.63, 3.8) is 0 Å². The molecule has 0 amide bonds. The van der Waals surface area contributed by atoms with Crippen molar-refractivity contribution in [2.24, 2.45) is 0 Å². The van der Waals surface area contributed by atoms with Crippen molar-refractivity contribution >= 4 is 5.78 Å². The summed E-state index contributed by atoms with van der Waals surface area (Å²) in [5.41, 5.74) is -0.236. The van der Waals surface area contributed by atoms with Gasteiger partial charge in [-0.15, -0.1) is 0 Å². The number of ketones is 1. The second-order valence-corrected chi connectivity index (χ2v) is 3.12. The van der Waals surface area contributed by atoms with E-state index in [-0.39, 0.29) is 11.4 Å². The first-order valence-corrected chi connectivity index (χ1v) is 4.17. The molecule has 11 heavy (non-hydrogen) atoms. The Kier molecular flexibility index (Phi) is 4.34. The smallest absolute Gasteiger partial charge is 0.132 e. The van der Waals surface area contributed by atoms with Gasteiger partial charge in [-0.1, -0.05) is 6.92 Å². The molecule has 0 saturated carbocycles. The quantitative estimate of drug-likeness (QED) is 0.613. The summed E-state index contributed by atoms with van der Waals surface area (Å²) in [4.78, 5) is 10.8. The maximum atomic E-state index is 10.8. The number of hydrogen-bond acceptors (Lipinski definition) is 2. The van der Waals surface area contributed by atoms with Crippen LogP contribution in [0.25, 0.3) is 0 Å². The van der Waals surface area contributed by atoms with Crippen molar-refractivity contribution in [1.29, 1.82) is 0 Å². The van der Waals surface area contributed by atoms with Crippen LogP contribution < -0.4 is 0 Å². The Labute approximate surface area is 68.9 Å². The number of ether oxygens (including phenoxy) is 1. The first-order valence-electron chi connectivity index (χ1n) is 4.17. The number of carbonyl (C=O) groups excluding carboxylic acids is 1. The Morgan fingerprint density at radius 3 is 2.27 bits per heavy atom. The van der Waals surface area contributed by atoms with E-state index in [4.69, 9.17) is 4.74 Å². The zero-order valence-corrected chi connectivity index (χ0v) is 7.94. The third kappa shape index (κ3) is 4.14. The molecule has 2 heteroatoms. The molecule has 0 saturated heterocycles. The SMILES string of the molecule is CCOC(C)(CC)CC(C)=O. The Morgan fingerprint density at radius 2 is 2.00 bits per heavy atom. The number of rotatable bonds is 5. The lowest BCUT2D eigenvalue weighted by Crippen LogP contribution is -2.30. The highest BCUT2D eigenvalue weighted by atomic mass is 16.5. The van der Waals surface area contributed by atoms with E-state index in [9.17, 15) is 4.79 Å². The predicted molar refractivity (Wildman–Crippen MR) is 45.6 cm³/mol. The zero-order valence-electron chi connectivity index (χ0n) is 7.94. The lowest BCUT2D eigenvalue weighted by molar-refractivity contribution is -0.124. The monoisotopic (exact) mass is 158 g/mol. The van der Waals surface area contributed by atoms with Gasteiger partial charge in [0, 0.05) is 13.0 Å². The predicted octanol–water partition coefficient (Wildman–Crippen LogP) is 2.17. The molecule has 2 nitrogen and oxygen atoms in total. The van der Waals surface area contributed by atoms with Crippen LogP contribution in [0.2, 0.25) is 0 Å². The van der Waals surface area contributed by atoms with Gasteiger partial charge in [-0.3, -0.25) is 4.79 Å². The molecule has 0 aliphatic rings. The van der Waals surface area contributed by atoms with E-state index in [1.54, 1.807) is 6.92 Å². The minimum Gasteiger partial charge on any atom is -0.375 e. The molecule has 0 radical (unpaired) electrons. The number of hydrogen-bond donors (Lipinski definition) is 0. The highest BCUT2D eigenvalue weighted by Gasteiger charge is 2.23. The first-order chi connectivity index (χ1) is 5.04. The van der Waals surface area contributed by atoms with Crippen molar-refractivity contribution in [3.8, 4) is 0 Å². The van der Waals surface area contributed by atoms with Crippen LogP contribution >= 0.6 is 0 Å². The van der Waals surface area contributed by atoms with E-state index in [1.807, 2.05) is 20.8 Å². The fourth-order valence-electron chi connectivity index (χ4n) is 1.15.